The Hall–Kier alpha value is -2.85. The van der Waals surface area contributed by atoms with Crippen LogP contribution in [0.5, 0.6) is 0 Å². The van der Waals surface area contributed by atoms with Crippen LogP contribution < -0.4 is 0 Å². The van der Waals surface area contributed by atoms with E-state index in [9.17, 15) is 19.2 Å². The molecular formula is C33H50N2O8. The number of rotatable bonds is 4. The van der Waals surface area contributed by atoms with Gasteiger partial charge in [0.2, 0.25) is 0 Å². The lowest BCUT2D eigenvalue weighted by atomic mass is 9.71. The molecule has 1 aromatic rings. The molecule has 1 aromatic heterocycles. The number of carbonyl (C=O) groups is 4. The highest BCUT2D eigenvalue weighted by Gasteiger charge is 2.46. The molecule has 240 valence electrons. The van der Waals surface area contributed by atoms with Gasteiger partial charge in [-0.15, -0.1) is 0 Å². The molecule has 0 aromatic carbocycles. The van der Waals surface area contributed by atoms with Crippen LogP contribution in [0.4, 0.5) is 4.79 Å². The lowest BCUT2D eigenvalue weighted by molar-refractivity contribution is -0.267. The summed E-state index contributed by atoms with van der Waals surface area (Å²) in [5.74, 6) is -2.94. The van der Waals surface area contributed by atoms with Gasteiger partial charge in [-0.2, -0.15) is 0 Å². The quantitative estimate of drug-likeness (QED) is 0.312. The minimum atomic E-state index is -1.09. The van der Waals surface area contributed by atoms with E-state index >= 15 is 0 Å². The molecule has 3 rings (SSSR count). The molecule has 1 unspecified atom stereocenters. The summed E-state index contributed by atoms with van der Waals surface area (Å²) in [5, 5.41) is 0. The molecule has 1 saturated heterocycles. The Morgan fingerprint density at radius 2 is 1.79 bits per heavy atom. The minimum Gasteiger partial charge on any atom is -0.458 e. The Morgan fingerprint density at radius 3 is 2.40 bits per heavy atom. The van der Waals surface area contributed by atoms with Gasteiger partial charge in [0.05, 0.1) is 12.2 Å². The number of Topliss-reactive ketones (excluding diaryl/α,β-unsaturated/α-hetero) is 2. The summed E-state index contributed by atoms with van der Waals surface area (Å²) in [6, 6.07) is 0. The van der Waals surface area contributed by atoms with Gasteiger partial charge in [0.25, 0.3) is 0 Å². The van der Waals surface area contributed by atoms with E-state index in [1.165, 1.54) is 31.7 Å². The molecular weight excluding hydrogens is 552 g/mol. The van der Waals surface area contributed by atoms with Crippen LogP contribution in [-0.4, -0.2) is 63.9 Å². The zero-order valence-corrected chi connectivity index (χ0v) is 27.4. The number of cyclic esters (lactones) is 1. The van der Waals surface area contributed by atoms with Crippen molar-refractivity contribution in [3.8, 4) is 0 Å². The van der Waals surface area contributed by atoms with E-state index in [0.717, 1.165) is 11.0 Å². The molecule has 2 aliphatic rings. The van der Waals surface area contributed by atoms with Crippen LogP contribution in [0.1, 0.15) is 88.5 Å². The standard InChI is InChI=1S/C33H50N2O8/c1-11-25-26(42-32(39)35-13-12-34-17-35)15-19(3)27(36)20(4)16-33(9,10)29(23(7)28(37)24(8)30(38)41-25)43-31-22(6)18(2)14-21(5)40-31/h12-13,15,17-18,20-26,29,31H,11,14,16H2,1-10H3/t18-,20+,21+,22+,23-,24+,25+,26-,29+,31?/m0/s1. The number of hydrogen-bond donors (Lipinski definition) is 0. The fraction of sp³-hybridized carbons (Fsp3) is 0.727. The summed E-state index contributed by atoms with van der Waals surface area (Å²) >= 11 is 0. The van der Waals surface area contributed by atoms with Gasteiger partial charge in [-0.25, -0.2) is 14.3 Å². The largest absolute Gasteiger partial charge is 0.458 e. The molecule has 10 nitrogen and oxygen atoms in total. The Kier molecular flexibility index (Phi) is 11.5. The summed E-state index contributed by atoms with van der Waals surface area (Å²) in [4.78, 5) is 57.7. The summed E-state index contributed by atoms with van der Waals surface area (Å²) in [6.45, 7) is 18.9. The van der Waals surface area contributed by atoms with Crippen molar-refractivity contribution in [2.45, 2.75) is 119 Å². The van der Waals surface area contributed by atoms with Crippen molar-refractivity contribution in [1.82, 2.24) is 9.55 Å². The number of hydrogen-bond acceptors (Lipinski definition) is 9. The molecule has 0 spiro atoms. The number of allylic oxidation sites excluding steroid dienone is 1. The van der Waals surface area contributed by atoms with Crippen molar-refractivity contribution in [3.63, 3.8) is 0 Å². The molecule has 1 fully saturated rings. The third kappa shape index (κ3) is 8.20. The summed E-state index contributed by atoms with van der Waals surface area (Å²) < 4.78 is 25.6. The normalized spacial score (nSPS) is 36.3. The van der Waals surface area contributed by atoms with Crippen LogP contribution in [0.3, 0.4) is 0 Å². The first kappa shape index (κ1) is 34.6. The maximum absolute atomic E-state index is 13.9. The molecule has 10 atom stereocenters. The number of ether oxygens (including phenoxy) is 4. The van der Waals surface area contributed by atoms with Gasteiger partial charge in [0.1, 0.15) is 18.3 Å². The second-order valence-electron chi connectivity index (χ2n) is 13.4. The van der Waals surface area contributed by atoms with Crippen LogP contribution in [0.25, 0.3) is 0 Å². The van der Waals surface area contributed by atoms with Crippen molar-refractivity contribution in [1.29, 1.82) is 0 Å². The van der Waals surface area contributed by atoms with E-state index in [0.29, 0.717) is 17.9 Å². The van der Waals surface area contributed by atoms with E-state index in [2.05, 4.69) is 18.8 Å². The molecule has 43 heavy (non-hydrogen) atoms. The first-order valence-corrected chi connectivity index (χ1v) is 15.5. The summed E-state index contributed by atoms with van der Waals surface area (Å²) in [7, 11) is 0. The van der Waals surface area contributed by atoms with Gasteiger partial charge in [-0.3, -0.25) is 14.4 Å². The van der Waals surface area contributed by atoms with E-state index in [1.54, 1.807) is 20.8 Å². The predicted octanol–water partition coefficient (Wildman–Crippen LogP) is 5.77. The number of aromatic nitrogens is 2. The zero-order chi connectivity index (χ0) is 32.2. The topological polar surface area (TPSA) is 123 Å². The molecule has 0 amide bonds. The van der Waals surface area contributed by atoms with Crippen LogP contribution >= 0.6 is 0 Å². The van der Waals surface area contributed by atoms with Crippen molar-refractivity contribution in [2.24, 2.45) is 35.0 Å². The minimum absolute atomic E-state index is 0.00724. The molecule has 0 saturated carbocycles. The maximum Gasteiger partial charge on any atom is 0.419 e. The Balaban J connectivity index is 2.02. The lowest BCUT2D eigenvalue weighted by Crippen LogP contribution is -2.50. The van der Waals surface area contributed by atoms with Gasteiger partial charge in [0, 0.05) is 30.1 Å². The number of esters is 1. The first-order valence-electron chi connectivity index (χ1n) is 15.5. The lowest BCUT2D eigenvalue weighted by Gasteiger charge is -2.45. The van der Waals surface area contributed by atoms with E-state index in [-0.39, 0.29) is 30.0 Å². The van der Waals surface area contributed by atoms with Crippen molar-refractivity contribution < 1.29 is 38.1 Å². The monoisotopic (exact) mass is 602 g/mol. The van der Waals surface area contributed by atoms with Crippen LogP contribution in [0.15, 0.2) is 30.4 Å². The third-order valence-corrected chi connectivity index (χ3v) is 9.20. The van der Waals surface area contributed by atoms with Gasteiger partial charge >= 0.3 is 12.1 Å². The zero-order valence-electron chi connectivity index (χ0n) is 27.4. The van der Waals surface area contributed by atoms with Crippen molar-refractivity contribution >= 4 is 23.6 Å². The Morgan fingerprint density at radius 1 is 1.12 bits per heavy atom. The van der Waals surface area contributed by atoms with Gasteiger partial charge in [-0.05, 0) is 63.0 Å². The summed E-state index contributed by atoms with van der Waals surface area (Å²) in [6.07, 6.45) is 3.47. The third-order valence-electron chi connectivity index (χ3n) is 9.20. The molecule has 3 heterocycles. The van der Waals surface area contributed by atoms with E-state index in [4.69, 9.17) is 18.9 Å². The highest BCUT2D eigenvalue weighted by molar-refractivity contribution is 6.00. The van der Waals surface area contributed by atoms with Crippen molar-refractivity contribution in [2.75, 3.05) is 0 Å². The number of nitrogens with zero attached hydrogens (tertiary/aromatic N) is 2. The van der Waals surface area contributed by atoms with E-state index < -0.39 is 59.8 Å². The molecule has 10 heteroatoms. The van der Waals surface area contributed by atoms with E-state index in [1.807, 2.05) is 27.7 Å². The molecule has 0 N–H and O–H groups in total. The average Bonchev–Trinajstić information content (AvgIpc) is 3.49. The average molecular weight is 603 g/mol. The smallest absolute Gasteiger partial charge is 0.419 e. The number of imidazole rings is 1. The highest BCUT2D eigenvalue weighted by Crippen LogP contribution is 2.41. The van der Waals surface area contributed by atoms with Gasteiger partial charge in [0.15, 0.2) is 24.0 Å². The maximum atomic E-state index is 13.9. The molecule has 0 radical (unpaired) electrons. The van der Waals surface area contributed by atoms with Crippen molar-refractivity contribution in [3.05, 3.63) is 30.4 Å². The molecule has 0 bridgehead atoms. The SMILES string of the molecule is CC[C@H]1OC(=O)[C@H](C)C(=O)[C@H](C)[C@@H](OC2O[C@H](C)C[C@H](C)[C@H]2C)C(C)(C)C[C@@H](C)C(=O)C(C)=C[C@@H]1OC(=O)n1ccnc1. The second kappa shape index (κ2) is 14.3. The molecule has 2 aliphatic heterocycles. The highest BCUT2D eigenvalue weighted by atomic mass is 16.7. The first-order chi connectivity index (χ1) is 20.1. The van der Waals surface area contributed by atoms with Crippen LogP contribution in [-0.2, 0) is 33.3 Å². The fourth-order valence-electron chi connectivity index (χ4n) is 6.46. The van der Waals surface area contributed by atoms with Gasteiger partial charge < -0.3 is 18.9 Å². The van der Waals surface area contributed by atoms with Crippen LogP contribution in [0.2, 0.25) is 0 Å². The Labute approximate surface area is 255 Å². The second-order valence-corrected chi connectivity index (χ2v) is 13.4. The number of ketones is 2. The Bertz CT molecular complexity index is 1180. The number of carbonyl (C=O) groups excluding carboxylic acids is 4. The van der Waals surface area contributed by atoms with Gasteiger partial charge in [-0.1, -0.05) is 48.5 Å². The van der Waals surface area contributed by atoms with Crippen LogP contribution in [0, 0.1) is 35.0 Å². The summed E-state index contributed by atoms with van der Waals surface area (Å²) in [5.41, 5.74) is -0.260. The molecule has 0 aliphatic carbocycles. The fourth-order valence-corrected chi connectivity index (χ4v) is 6.46. The predicted molar refractivity (Wildman–Crippen MR) is 160 cm³/mol.